The molecule has 2 rings (SSSR count). The quantitative estimate of drug-likeness (QED) is 0.610. The van der Waals surface area contributed by atoms with Gasteiger partial charge in [0.05, 0.1) is 14.2 Å². The van der Waals surface area contributed by atoms with Crippen molar-refractivity contribution in [2.45, 2.75) is 31.3 Å². The molecule has 0 amide bonds. The molecule has 8 heteroatoms. The van der Waals surface area contributed by atoms with E-state index in [9.17, 15) is 10.4 Å². The Morgan fingerprint density at radius 1 is 1.00 bits per heavy atom. The molecule has 1 heterocycles. The summed E-state index contributed by atoms with van der Waals surface area (Å²) in [6.07, 6.45) is 2.56. The van der Waals surface area contributed by atoms with Crippen molar-refractivity contribution in [2.24, 2.45) is 0 Å². The summed E-state index contributed by atoms with van der Waals surface area (Å²) in [5, 5.41) is 25.9. The fourth-order valence-corrected chi connectivity index (χ4v) is 2.27. The molecule has 2 fully saturated rings. The van der Waals surface area contributed by atoms with Crippen LogP contribution in [0.5, 0.6) is 0 Å². The Balaban J connectivity index is 2.12. The topological polar surface area (TPSA) is 77.5 Å². The van der Waals surface area contributed by atoms with E-state index in [4.69, 9.17) is 0 Å². The summed E-state index contributed by atoms with van der Waals surface area (Å²) in [5.74, 6) is 0. The van der Waals surface area contributed by atoms with Crippen LogP contribution in [-0.2, 0) is 9.68 Å². The first kappa shape index (κ1) is 11.2. The summed E-state index contributed by atoms with van der Waals surface area (Å²) < 4.78 is 0. The average molecular weight is 218 g/mol. The average Bonchev–Trinajstić information content (AvgIpc) is 2.86. The number of hydrogen-bond donors (Lipinski definition) is 0. The van der Waals surface area contributed by atoms with Crippen molar-refractivity contribution in [2.75, 3.05) is 14.2 Å². The summed E-state index contributed by atoms with van der Waals surface area (Å²) in [6.45, 7) is 0. The summed E-state index contributed by atoms with van der Waals surface area (Å²) in [7, 11) is 2.53. The summed E-state index contributed by atoms with van der Waals surface area (Å²) in [4.78, 5) is 9.11. The highest BCUT2D eigenvalue weighted by atomic mass is 17.0. The van der Waals surface area contributed by atoms with Gasteiger partial charge < -0.3 is 10.4 Å². The SMILES string of the molecule is CON([O-])N1C2CCC(C2)N1N([O-])OC. The van der Waals surface area contributed by atoms with Crippen molar-refractivity contribution in [1.82, 2.24) is 20.9 Å². The molecule has 15 heavy (non-hydrogen) atoms. The first-order valence-corrected chi connectivity index (χ1v) is 4.80. The second-order valence-electron chi connectivity index (χ2n) is 3.60. The van der Waals surface area contributed by atoms with Crippen LogP contribution in [0.4, 0.5) is 0 Å². The Morgan fingerprint density at radius 2 is 1.40 bits per heavy atom. The van der Waals surface area contributed by atoms with Crippen LogP contribution in [0.15, 0.2) is 0 Å². The molecular formula is C7H14N4O4-2. The van der Waals surface area contributed by atoms with Gasteiger partial charge in [-0.3, -0.25) is 9.68 Å². The monoisotopic (exact) mass is 218 g/mol. The Bertz CT molecular complexity index is 209. The third kappa shape index (κ3) is 1.75. The molecule has 2 unspecified atom stereocenters. The zero-order valence-corrected chi connectivity index (χ0v) is 8.70. The van der Waals surface area contributed by atoms with E-state index in [2.05, 4.69) is 9.68 Å². The van der Waals surface area contributed by atoms with Gasteiger partial charge in [0.2, 0.25) is 0 Å². The van der Waals surface area contributed by atoms with Crippen molar-refractivity contribution in [3.63, 3.8) is 0 Å². The third-order valence-electron chi connectivity index (χ3n) is 2.89. The van der Waals surface area contributed by atoms with Gasteiger partial charge in [-0.2, -0.15) is 10.7 Å². The Hall–Kier alpha value is -0.320. The predicted octanol–water partition coefficient (Wildman–Crippen LogP) is -0.00750. The molecule has 2 atom stereocenters. The molecule has 1 aliphatic carbocycles. The lowest BCUT2D eigenvalue weighted by Gasteiger charge is -2.50. The van der Waals surface area contributed by atoms with Crippen molar-refractivity contribution in [3.8, 4) is 0 Å². The number of rotatable bonds is 4. The number of fused-ring (bicyclic) bond motifs is 2. The van der Waals surface area contributed by atoms with Crippen LogP contribution in [0.3, 0.4) is 0 Å². The van der Waals surface area contributed by atoms with Gasteiger partial charge in [-0.25, -0.2) is 0 Å². The molecule has 0 aromatic heterocycles. The van der Waals surface area contributed by atoms with Gasteiger partial charge >= 0.3 is 0 Å². The zero-order chi connectivity index (χ0) is 11.0. The van der Waals surface area contributed by atoms with E-state index >= 15 is 0 Å². The van der Waals surface area contributed by atoms with Crippen LogP contribution in [0.25, 0.3) is 0 Å². The van der Waals surface area contributed by atoms with E-state index in [1.165, 1.54) is 24.5 Å². The maximum Gasteiger partial charge on any atom is 0.0580 e. The lowest BCUT2D eigenvalue weighted by Crippen LogP contribution is -2.58. The smallest absolute Gasteiger partial charge is 0.0580 e. The molecular weight excluding hydrogens is 204 g/mol. The van der Waals surface area contributed by atoms with Crippen LogP contribution in [0.2, 0.25) is 0 Å². The second kappa shape index (κ2) is 4.28. The molecule has 88 valence electrons. The van der Waals surface area contributed by atoms with Crippen molar-refractivity contribution in [3.05, 3.63) is 10.4 Å². The minimum Gasteiger partial charge on any atom is -0.747 e. The molecule has 0 aromatic carbocycles. The molecule has 0 N–H and O–H groups in total. The van der Waals surface area contributed by atoms with E-state index in [1.54, 1.807) is 0 Å². The lowest BCUT2D eigenvalue weighted by molar-refractivity contribution is -0.414. The highest BCUT2D eigenvalue weighted by Crippen LogP contribution is 2.39. The van der Waals surface area contributed by atoms with Gasteiger partial charge in [0, 0.05) is 12.1 Å². The normalized spacial score (nSPS) is 32.4. The number of hydrogen-bond acceptors (Lipinski definition) is 8. The van der Waals surface area contributed by atoms with Crippen molar-refractivity contribution in [1.29, 1.82) is 0 Å². The minimum absolute atomic E-state index is 0.0269. The molecule has 0 spiro atoms. The van der Waals surface area contributed by atoms with Crippen LogP contribution in [0.1, 0.15) is 19.3 Å². The Labute approximate surface area is 87.5 Å². The maximum absolute atomic E-state index is 11.4. The molecule has 1 saturated carbocycles. The van der Waals surface area contributed by atoms with Gasteiger partial charge in [0.25, 0.3) is 0 Å². The van der Waals surface area contributed by atoms with E-state index < -0.39 is 0 Å². The summed E-state index contributed by atoms with van der Waals surface area (Å²) in [6, 6.07) is 0.0538. The third-order valence-corrected chi connectivity index (χ3v) is 2.89. The van der Waals surface area contributed by atoms with Crippen molar-refractivity contribution < 1.29 is 9.68 Å². The molecule has 1 saturated heterocycles. The molecule has 8 nitrogen and oxygen atoms in total. The minimum atomic E-state index is 0.0269. The summed E-state index contributed by atoms with van der Waals surface area (Å²) >= 11 is 0. The molecule has 1 aliphatic heterocycles. The standard InChI is InChI=1S/C7H14N4O4/c1-14-10(12)8-6-3-4-7(5-6)9(8)11(13)15-2/h6-7H,3-5H2,1-2H3/q-2. The van der Waals surface area contributed by atoms with Crippen molar-refractivity contribution >= 4 is 0 Å². The largest absolute Gasteiger partial charge is 0.747 e. The summed E-state index contributed by atoms with van der Waals surface area (Å²) in [5.41, 5.74) is 0. The zero-order valence-electron chi connectivity index (χ0n) is 8.70. The lowest BCUT2D eigenvalue weighted by atomic mass is 10.3. The van der Waals surface area contributed by atoms with Gasteiger partial charge in [0.1, 0.15) is 0 Å². The van der Waals surface area contributed by atoms with E-state index in [1.807, 2.05) is 0 Å². The van der Waals surface area contributed by atoms with Gasteiger partial charge in [-0.05, 0) is 19.3 Å². The van der Waals surface area contributed by atoms with Gasteiger partial charge in [0.15, 0.2) is 0 Å². The van der Waals surface area contributed by atoms with Gasteiger partial charge in [-0.1, -0.05) is 0 Å². The fourth-order valence-electron chi connectivity index (χ4n) is 2.27. The Morgan fingerprint density at radius 3 is 1.73 bits per heavy atom. The van der Waals surface area contributed by atoms with Crippen LogP contribution in [0, 0.1) is 10.4 Å². The highest BCUT2D eigenvalue weighted by molar-refractivity contribution is 4.91. The van der Waals surface area contributed by atoms with Crippen LogP contribution in [-0.4, -0.2) is 47.2 Å². The predicted molar refractivity (Wildman–Crippen MR) is 49.5 cm³/mol. The van der Waals surface area contributed by atoms with Crippen LogP contribution < -0.4 is 0 Å². The number of hydrazine groups is 3. The van der Waals surface area contributed by atoms with E-state index in [-0.39, 0.29) is 12.1 Å². The van der Waals surface area contributed by atoms with E-state index in [0.29, 0.717) is 10.7 Å². The van der Waals surface area contributed by atoms with Gasteiger partial charge in [-0.15, -0.1) is 10.2 Å². The van der Waals surface area contributed by atoms with E-state index in [0.717, 1.165) is 19.3 Å². The second-order valence-corrected chi connectivity index (χ2v) is 3.60. The first-order chi connectivity index (χ1) is 7.19. The molecule has 2 bridgehead atoms. The molecule has 0 radical (unpaired) electrons. The number of nitrogens with zero attached hydrogens (tertiary/aromatic N) is 4. The first-order valence-electron chi connectivity index (χ1n) is 4.80. The fraction of sp³-hybridized carbons (Fsp3) is 1.00. The highest BCUT2D eigenvalue weighted by Gasteiger charge is 2.46. The van der Waals surface area contributed by atoms with Crippen LogP contribution >= 0.6 is 0 Å². The maximum atomic E-state index is 11.4. The molecule has 0 aromatic rings. The Kier molecular flexibility index (Phi) is 3.19. The molecule has 2 aliphatic rings.